The molecule has 4 nitrogen and oxygen atoms in total. The van der Waals surface area contributed by atoms with Crippen molar-refractivity contribution >= 4 is 67.2 Å². The van der Waals surface area contributed by atoms with Crippen molar-refractivity contribution in [3.8, 4) is 0 Å². The molecule has 2 fully saturated rings. The number of rotatable bonds is 5. The Hall–Kier alpha value is -0.960. The van der Waals surface area contributed by atoms with Crippen molar-refractivity contribution in [2.45, 2.75) is 10.7 Å². The molecule has 2 aromatic carbocycles. The lowest BCUT2D eigenvalue weighted by Crippen LogP contribution is -2.39. The summed E-state index contributed by atoms with van der Waals surface area (Å²) in [6.07, 6.45) is 0. The number of carbonyl (C=O) groups excluding carboxylic acids is 2. The predicted molar refractivity (Wildman–Crippen MR) is 122 cm³/mol. The molecule has 2 heterocycles. The van der Waals surface area contributed by atoms with Crippen LogP contribution in [-0.2, 0) is 9.59 Å². The highest BCUT2D eigenvalue weighted by Gasteiger charge is 2.36. The fraction of sp³-hybridized carbons (Fsp3) is 0.300. The highest BCUT2D eigenvalue weighted by molar-refractivity contribution is 9.10. The zero-order chi connectivity index (χ0) is 19.7. The molecule has 0 saturated carbocycles. The lowest BCUT2D eigenvalue weighted by Gasteiger charge is -2.29. The van der Waals surface area contributed by atoms with Crippen molar-refractivity contribution in [3.05, 3.63) is 68.6 Å². The molecule has 2 amide bonds. The quantitative estimate of drug-likeness (QED) is 0.530. The highest BCUT2D eigenvalue weighted by Crippen LogP contribution is 2.41. The molecular weight excluding hydrogens is 524 g/mol. The second-order valence-electron chi connectivity index (χ2n) is 6.61. The summed E-state index contributed by atoms with van der Waals surface area (Å²) in [7, 11) is 0. The first kappa shape index (κ1) is 20.3. The van der Waals surface area contributed by atoms with Crippen LogP contribution in [0.3, 0.4) is 0 Å². The van der Waals surface area contributed by atoms with Crippen LogP contribution in [0.1, 0.15) is 21.9 Å². The molecule has 28 heavy (non-hydrogen) atoms. The van der Waals surface area contributed by atoms with Crippen molar-refractivity contribution in [2.75, 3.05) is 24.6 Å². The van der Waals surface area contributed by atoms with Crippen molar-refractivity contribution in [1.29, 1.82) is 0 Å². The summed E-state index contributed by atoms with van der Waals surface area (Å²) >= 11 is 10.3. The second-order valence-corrected chi connectivity index (χ2v) is 10.6. The standard InChI is InChI=1S/C20H18Br2N2O2S2/c21-15-5-1-3-13(9-15)19-23(17(25)11-27-19)7-8-24-18(26)12-28-20(24)14-4-2-6-16(22)10-14/h1-6,9-10,19-20H,7-8,11-12H2/t19-,20-/m0/s1. The van der Waals surface area contributed by atoms with Gasteiger partial charge in [0, 0.05) is 22.0 Å². The SMILES string of the molecule is O=C1CS[C@@H](c2cccc(Br)c2)N1CCN1C(=O)CS[C@H]1c1cccc(Br)c1. The van der Waals surface area contributed by atoms with Crippen LogP contribution in [0, 0.1) is 0 Å². The van der Waals surface area contributed by atoms with Gasteiger partial charge in [0.05, 0.1) is 11.5 Å². The summed E-state index contributed by atoms with van der Waals surface area (Å²) in [5, 5.41) is -0.000596. The van der Waals surface area contributed by atoms with Gasteiger partial charge in [-0.3, -0.25) is 9.59 Å². The zero-order valence-corrected chi connectivity index (χ0v) is 19.7. The minimum absolute atomic E-state index is 0.000298. The smallest absolute Gasteiger partial charge is 0.233 e. The highest BCUT2D eigenvalue weighted by atomic mass is 79.9. The van der Waals surface area contributed by atoms with Crippen LogP contribution in [0.4, 0.5) is 0 Å². The summed E-state index contributed by atoms with van der Waals surface area (Å²) in [5.74, 6) is 1.23. The van der Waals surface area contributed by atoms with Crippen molar-refractivity contribution < 1.29 is 9.59 Å². The molecule has 146 valence electrons. The Morgan fingerprint density at radius 1 is 0.786 bits per heavy atom. The van der Waals surface area contributed by atoms with Crippen LogP contribution in [0.2, 0.25) is 0 Å². The molecule has 2 atom stereocenters. The van der Waals surface area contributed by atoms with Crippen molar-refractivity contribution in [3.63, 3.8) is 0 Å². The lowest BCUT2D eigenvalue weighted by atomic mass is 10.2. The van der Waals surface area contributed by atoms with Crippen LogP contribution in [0.15, 0.2) is 57.5 Å². The lowest BCUT2D eigenvalue weighted by molar-refractivity contribution is -0.132. The van der Waals surface area contributed by atoms with E-state index in [9.17, 15) is 9.59 Å². The minimum Gasteiger partial charge on any atom is -0.324 e. The molecule has 0 N–H and O–H groups in total. The molecule has 0 radical (unpaired) electrons. The van der Waals surface area contributed by atoms with Gasteiger partial charge in [0.25, 0.3) is 0 Å². The summed E-state index contributed by atoms with van der Waals surface area (Å²) in [5.41, 5.74) is 2.21. The Kier molecular flexibility index (Phi) is 6.40. The number of halogens is 2. The topological polar surface area (TPSA) is 40.6 Å². The van der Waals surface area contributed by atoms with Crippen molar-refractivity contribution in [1.82, 2.24) is 9.80 Å². The predicted octanol–water partition coefficient (Wildman–Crippen LogP) is 5.06. The molecule has 0 aliphatic carbocycles. The summed E-state index contributed by atoms with van der Waals surface area (Å²) < 4.78 is 2.01. The number of nitrogens with zero attached hydrogens (tertiary/aromatic N) is 2. The molecular formula is C20H18Br2N2O2S2. The Bertz CT molecular complexity index is 838. The van der Waals surface area contributed by atoms with E-state index in [4.69, 9.17) is 0 Å². The number of hydrogen-bond donors (Lipinski definition) is 0. The Balaban J connectivity index is 1.50. The van der Waals surface area contributed by atoms with E-state index in [0.717, 1.165) is 20.1 Å². The average Bonchev–Trinajstić information content (AvgIpc) is 3.22. The molecule has 2 aliphatic heterocycles. The van der Waals surface area contributed by atoms with E-state index in [2.05, 4.69) is 56.1 Å². The van der Waals surface area contributed by atoms with E-state index in [-0.39, 0.29) is 22.6 Å². The third kappa shape index (κ3) is 4.30. The van der Waals surface area contributed by atoms with E-state index in [1.54, 1.807) is 23.5 Å². The average molecular weight is 542 g/mol. The van der Waals surface area contributed by atoms with Gasteiger partial charge in [0.15, 0.2) is 0 Å². The van der Waals surface area contributed by atoms with Gasteiger partial charge in [-0.15, -0.1) is 23.5 Å². The Morgan fingerprint density at radius 2 is 1.21 bits per heavy atom. The van der Waals surface area contributed by atoms with Gasteiger partial charge in [-0.05, 0) is 35.4 Å². The van der Waals surface area contributed by atoms with Crippen LogP contribution in [0.25, 0.3) is 0 Å². The molecule has 0 spiro atoms. The van der Waals surface area contributed by atoms with Gasteiger partial charge in [-0.2, -0.15) is 0 Å². The Morgan fingerprint density at radius 3 is 1.61 bits per heavy atom. The van der Waals surface area contributed by atoms with Crippen molar-refractivity contribution in [2.24, 2.45) is 0 Å². The number of thioether (sulfide) groups is 2. The van der Waals surface area contributed by atoms with E-state index in [1.165, 1.54) is 0 Å². The first-order chi connectivity index (χ1) is 13.5. The summed E-state index contributed by atoms with van der Waals surface area (Å²) in [6, 6.07) is 16.2. The van der Waals surface area contributed by atoms with E-state index in [0.29, 0.717) is 24.6 Å². The molecule has 8 heteroatoms. The fourth-order valence-electron chi connectivity index (χ4n) is 3.48. The van der Waals surface area contributed by atoms with Gasteiger partial charge in [0.2, 0.25) is 11.8 Å². The Labute approximate surface area is 189 Å². The zero-order valence-electron chi connectivity index (χ0n) is 14.9. The third-order valence-corrected chi connectivity index (χ3v) is 8.28. The third-order valence-electron chi connectivity index (χ3n) is 4.79. The molecule has 2 aromatic rings. The number of amides is 2. The molecule has 2 aliphatic rings. The van der Waals surface area contributed by atoms with Gasteiger partial charge >= 0.3 is 0 Å². The molecule has 0 bridgehead atoms. The van der Waals surface area contributed by atoms with Crippen LogP contribution < -0.4 is 0 Å². The van der Waals surface area contributed by atoms with Crippen LogP contribution >= 0.6 is 55.4 Å². The number of hydrogen-bond acceptors (Lipinski definition) is 4. The molecule has 2 saturated heterocycles. The van der Waals surface area contributed by atoms with E-state index < -0.39 is 0 Å². The fourth-order valence-corrected chi connectivity index (χ4v) is 6.73. The van der Waals surface area contributed by atoms with Gasteiger partial charge in [-0.25, -0.2) is 0 Å². The van der Waals surface area contributed by atoms with Gasteiger partial charge in [0.1, 0.15) is 10.7 Å². The monoisotopic (exact) mass is 540 g/mol. The van der Waals surface area contributed by atoms with Crippen LogP contribution in [0.5, 0.6) is 0 Å². The number of carbonyl (C=O) groups is 2. The molecule has 0 unspecified atom stereocenters. The minimum atomic E-state index is -0.000298. The van der Waals surface area contributed by atoms with Crippen LogP contribution in [-0.4, -0.2) is 46.2 Å². The molecule has 0 aromatic heterocycles. The maximum atomic E-state index is 12.5. The summed E-state index contributed by atoms with van der Waals surface area (Å²) in [6.45, 7) is 1.08. The first-order valence-electron chi connectivity index (χ1n) is 8.86. The normalized spacial score (nSPS) is 22.4. The maximum Gasteiger partial charge on any atom is 0.233 e. The van der Waals surface area contributed by atoms with Gasteiger partial charge < -0.3 is 9.80 Å². The second kappa shape index (κ2) is 8.81. The number of benzene rings is 2. The van der Waals surface area contributed by atoms with Gasteiger partial charge in [-0.1, -0.05) is 56.1 Å². The summed E-state index contributed by atoms with van der Waals surface area (Å²) in [4.78, 5) is 28.8. The molecule has 4 rings (SSSR count). The van der Waals surface area contributed by atoms with E-state index in [1.807, 2.05) is 34.1 Å². The largest absolute Gasteiger partial charge is 0.324 e. The first-order valence-corrected chi connectivity index (χ1v) is 12.5. The van der Waals surface area contributed by atoms with E-state index >= 15 is 0 Å². The maximum absolute atomic E-state index is 12.5.